The van der Waals surface area contributed by atoms with Gasteiger partial charge >= 0.3 is 5.97 Å². The number of pyridine rings is 1. The van der Waals surface area contributed by atoms with E-state index in [-0.39, 0.29) is 19.8 Å². The number of allylic oxidation sites excluding steroid dienone is 1. The van der Waals surface area contributed by atoms with Gasteiger partial charge < -0.3 is 19.5 Å². The monoisotopic (exact) mass is 469 g/mol. The molecule has 1 aromatic heterocycles. The fourth-order valence-corrected chi connectivity index (χ4v) is 4.42. The number of aromatic nitrogens is 1. The molecule has 8 heteroatoms. The lowest BCUT2D eigenvalue weighted by molar-refractivity contribution is -0.124. The number of hydrogen-bond acceptors (Lipinski definition) is 7. The van der Waals surface area contributed by atoms with Gasteiger partial charge in [-0.25, -0.2) is 9.78 Å². The summed E-state index contributed by atoms with van der Waals surface area (Å²) in [6.45, 7) is 0.0254. The van der Waals surface area contributed by atoms with E-state index in [0.29, 0.717) is 28.6 Å². The second-order valence-corrected chi connectivity index (χ2v) is 8.30. The molecule has 0 unspecified atom stereocenters. The number of nitrogens with zero attached hydrogens (tertiary/aromatic N) is 2. The summed E-state index contributed by atoms with van der Waals surface area (Å²) in [5.74, 6) is 0.435. The number of fused-ring (bicyclic) bond motifs is 3. The SMILES string of the molecule is N#CCCNC(=O)COC(=O)c1c2c(nc3ccccc13)/C(=C/c1ccc3c(c1)OCO3)CCC2. The summed E-state index contributed by atoms with van der Waals surface area (Å²) in [6.07, 6.45) is 4.63. The number of nitriles is 1. The molecule has 176 valence electrons. The van der Waals surface area contributed by atoms with E-state index in [1.165, 1.54) is 0 Å². The minimum Gasteiger partial charge on any atom is -0.454 e. The zero-order chi connectivity index (χ0) is 24.2. The highest BCUT2D eigenvalue weighted by atomic mass is 16.7. The maximum absolute atomic E-state index is 13.2. The largest absolute Gasteiger partial charge is 0.454 e. The van der Waals surface area contributed by atoms with Crippen LogP contribution in [-0.2, 0) is 16.0 Å². The third-order valence-electron chi connectivity index (χ3n) is 6.01. The second-order valence-electron chi connectivity index (χ2n) is 8.30. The van der Waals surface area contributed by atoms with Crippen molar-refractivity contribution in [3.8, 4) is 17.6 Å². The highest BCUT2D eigenvalue weighted by Crippen LogP contribution is 2.38. The van der Waals surface area contributed by atoms with E-state index < -0.39 is 18.5 Å². The summed E-state index contributed by atoms with van der Waals surface area (Å²) in [5, 5.41) is 11.9. The predicted octanol–water partition coefficient (Wildman–Crippen LogP) is 4.03. The first-order chi connectivity index (χ1) is 17.1. The molecule has 0 radical (unpaired) electrons. The number of nitrogens with one attached hydrogen (secondary N) is 1. The molecular weight excluding hydrogens is 446 g/mol. The fraction of sp³-hybridized carbons (Fsp3) is 0.259. The van der Waals surface area contributed by atoms with Crippen LogP contribution in [0.15, 0.2) is 42.5 Å². The van der Waals surface area contributed by atoms with E-state index in [1.54, 1.807) is 0 Å². The first kappa shape index (κ1) is 22.4. The lowest BCUT2D eigenvalue weighted by Gasteiger charge is -2.22. The molecule has 3 aromatic rings. The molecule has 2 aromatic carbocycles. The van der Waals surface area contributed by atoms with Crippen LogP contribution in [-0.4, -0.2) is 36.8 Å². The minimum atomic E-state index is -0.556. The number of esters is 1. The summed E-state index contributed by atoms with van der Waals surface area (Å²) in [5.41, 5.74) is 4.74. The molecule has 2 aliphatic rings. The van der Waals surface area contributed by atoms with Gasteiger partial charge in [0.2, 0.25) is 6.79 Å². The van der Waals surface area contributed by atoms with Gasteiger partial charge in [-0.2, -0.15) is 5.26 Å². The van der Waals surface area contributed by atoms with E-state index in [4.69, 9.17) is 24.5 Å². The lowest BCUT2D eigenvalue weighted by atomic mass is 9.86. The topological polar surface area (TPSA) is 111 Å². The van der Waals surface area contributed by atoms with Gasteiger partial charge in [-0.1, -0.05) is 24.3 Å². The van der Waals surface area contributed by atoms with Gasteiger partial charge in [0.25, 0.3) is 5.91 Å². The van der Waals surface area contributed by atoms with Crippen molar-refractivity contribution in [2.75, 3.05) is 19.9 Å². The van der Waals surface area contributed by atoms with Crippen molar-refractivity contribution >= 4 is 34.4 Å². The lowest BCUT2D eigenvalue weighted by Crippen LogP contribution is -2.29. The van der Waals surface area contributed by atoms with Crippen molar-refractivity contribution in [1.29, 1.82) is 5.26 Å². The Hall–Kier alpha value is -4.38. The normalized spacial score (nSPS) is 14.9. The van der Waals surface area contributed by atoms with Crippen LogP contribution in [0, 0.1) is 11.3 Å². The van der Waals surface area contributed by atoms with Crippen molar-refractivity contribution in [2.45, 2.75) is 25.7 Å². The number of amides is 1. The van der Waals surface area contributed by atoms with Crippen LogP contribution in [0.2, 0.25) is 0 Å². The van der Waals surface area contributed by atoms with Crippen molar-refractivity contribution in [2.24, 2.45) is 0 Å². The van der Waals surface area contributed by atoms with Crippen LogP contribution in [0.5, 0.6) is 11.5 Å². The van der Waals surface area contributed by atoms with Gasteiger partial charge in [-0.3, -0.25) is 4.79 Å². The molecule has 1 amide bonds. The molecule has 35 heavy (non-hydrogen) atoms. The van der Waals surface area contributed by atoms with Crippen LogP contribution in [0.1, 0.15) is 46.4 Å². The highest BCUT2D eigenvalue weighted by molar-refractivity contribution is 6.07. The quantitative estimate of drug-likeness (QED) is 0.429. The molecule has 0 spiro atoms. The summed E-state index contributed by atoms with van der Waals surface area (Å²) in [6, 6.07) is 15.2. The third-order valence-corrected chi connectivity index (χ3v) is 6.01. The Morgan fingerprint density at radius 3 is 2.89 bits per heavy atom. The maximum Gasteiger partial charge on any atom is 0.339 e. The molecule has 0 saturated heterocycles. The fourth-order valence-electron chi connectivity index (χ4n) is 4.42. The molecule has 0 atom stereocenters. The van der Waals surface area contributed by atoms with Crippen LogP contribution in [0.25, 0.3) is 22.6 Å². The van der Waals surface area contributed by atoms with Crippen LogP contribution >= 0.6 is 0 Å². The number of carbonyl (C=O) groups excluding carboxylic acids is 2. The first-order valence-electron chi connectivity index (χ1n) is 11.5. The maximum atomic E-state index is 13.2. The number of carbonyl (C=O) groups is 2. The van der Waals surface area contributed by atoms with Gasteiger partial charge in [-0.15, -0.1) is 0 Å². The minimum absolute atomic E-state index is 0.195. The van der Waals surface area contributed by atoms with Gasteiger partial charge in [0, 0.05) is 11.9 Å². The van der Waals surface area contributed by atoms with Crippen molar-refractivity contribution < 1.29 is 23.8 Å². The Morgan fingerprint density at radius 2 is 2.00 bits per heavy atom. The van der Waals surface area contributed by atoms with Crippen LogP contribution in [0.4, 0.5) is 0 Å². The Morgan fingerprint density at radius 1 is 1.14 bits per heavy atom. The molecular formula is C27H23N3O5. The smallest absolute Gasteiger partial charge is 0.339 e. The summed E-state index contributed by atoms with van der Waals surface area (Å²) >= 11 is 0. The number of para-hydroxylation sites is 1. The highest BCUT2D eigenvalue weighted by Gasteiger charge is 2.26. The van der Waals surface area contributed by atoms with Crippen LogP contribution in [0.3, 0.4) is 0 Å². The van der Waals surface area contributed by atoms with Gasteiger partial charge in [0.05, 0.1) is 29.3 Å². The summed E-state index contributed by atoms with van der Waals surface area (Å²) in [4.78, 5) is 30.1. The van der Waals surface area contributed by atoms with Crippen molar-refractivity contribution in [1.82, 2.24) is 10.3 Å². The molecule has 5 rings (SSSR count). The van der Waals surface area contributed by atoms with Crippen molar-refractivity contribution in [3.05, 3.63) is 64.8 Å². The number of benzene rings is 2. The Bertz CT molecular complexity index is 1390. The molecule has 1 N–H and O–H groups in total. The van der Waals surface area contributed by atoms with Crippen molar-refractivity contribution in [3.63, 3.8) is 0 Å². The number of rotatable bonds is 6. The summed E-state index contributed by atoms with van der Waals surface area (Å²) < 4.78 is 16.3. The Balaban J connectivity index is 1.49. The van der Waals surface area contributed by atoms with E-state index in [2.05, 4.69) is 11.4 Å². The van der Waals surface area contributed by atoms with E-state index in [9.17, 15) is 9.59 Å². The average molecular weight is 469 g/mol. The first-order valence-corrected chi connectivity index (χ1v) is 11.5. The average Bonchev–Trinajstić information content (AvgIpc) is 3.34. The van der Waals surface area contributed by atoms with Gasteiger partial charge in [0.15, 0.2) is 18.1 Å². The van der Waals surface area contributed by atoms with Crippen LogP contribution < -0.4 is 14.8 Å². The molecule has 0 fully saturated rings. The number of hydrogen-bond donors (Lipinski definition) is 1. The van der Waals surface area contributed by atoms with E-state index >= 15 is 0 Å². The molecule has 0 bridgehead atoms. The Kier molecular flexibility index (Phi) is 6.31. The zero-order valence-corrected chi connectivity index (χ0v) is 19.0. The molecule has 0 saturated carbocycles. The number of ether oxygens (including phenoxy) is 3. The molecule has 2 heterocycles. The second kappa shape index (κ2) is 9.85. The summed E-state index contributed by atoms with van der Waals surface area (Å²) in [7, 11) is 0. The molecule has 1 aliphatic heterocycles. The van der Waals surface area contributed by atoms with E-state index in [1.807, 2.05) is 48.5 Å². The zero-order valence-electron chi connectivity index (χ0n) is 19.0. The molecule has 8 nitrogen and oxygen atoms in total. The van der Waals surface area contributed by atoms with Gasteiger partial charge in [0.1, 0.15) is 0 Å². The third kappa shape index (κ3) is 4.66. The predicted molar refractivity (Wildman–Crippen MR) is 129 cm³/mol. The Labute approximate surface area is 202 Å². The molecule has 1 aliphatic carbocycles. The van der Waals surface area contributed by atoms with E-state index in [0.717, 1.165) is 41.0 Å². The standard InChI is InChI=1S/C27H23N3O5/c28-11-4-12-29-24(31)15-33-27(32)25-19-6-1-2-8-21(19)30-26-18(5-3-7-20(25)26)13-17-9-10-22-23(14-17)35-16-34-22/h1-2,6,8-10,13-14H,3-5,7,12,15-16H2,(H,29,31)/b18-13+. The van der Waals surface area contributed by atoms with Gasteiger partial charge in [-0.05, 0) is 60.2 Å².